The van der Waals surface area contributed by atoms with Gasteiger partial charge in [-0.3, -0.25) is 0 Å². The Labute approximate surface area is 78.0 Å². The first-order chi connectivity index (χ1) is 6.40. The highest BCUT2D eigenvalue weighted by molar-refractivity contribution is 5.32. The van der Waals surface area contributed by atoms with E-state index in [2.05, 4.69) is 0 Å². The molecule has 1 aromatic carbocycles. The molecule has 0 fully saturated rings. The third kappa shape index (κ3) is 1.73. The van der Waals surface area contributed by atoms with Crippen molar-refractivity contribution in [3.05, 3.63) is 53.8 Å². The lowest BCUT2D eigenvalue weighted by atomic mass is 10.1. The van der Waals surface area contributed by atoms with Crippen LogP contribution < -0.4 is 5.73 Å². The van der Waals surface area contributed by atoms with Gasteiger partial charge in [-0.2, -0.15) is 0 Å². The van der Waals surface area contributed by atoms with E-state index < -0.39 is 0 Å². The van der Waals surface area contributed by atoms with Gasteiger partial charge in [-0.05, 0) is 11.6 Å². The van der Waals surface area contributed by atoms with E-state index >= 15 is 0 Å². The second-order valence-corrected chi connectivity index (χ2v) is 3.02. The van der Waals surface area contributed by atoms with Crippen LogP contribution in [0.4, 0.5) is 0 Å². The average molecular weight is 174 g/mol. The molecule has 0 spiro atoms. The monoisotopic (exact) mass is 174 g/mol. The zero-order valence-electron chi connectivity index (χ0n) is 7.36. The first-order valence-corrected chi connectivity index (χ1v) is 4.37. The summed E-state index contributed by atoms with van der Waals surface area (Å²) >= 11 is 0. The minimum absolute atomic E-state index is 0.592. The van der Waals surface area contributed by atoms with E-state index in [0.29, 0.717) is 6.54 Å². The van der Waals surface area contributed by atoms with Crippen LogP contribution in [0.25, 0.3) is 0 Å². The average Bonchev–Trinajstić information content (AvgIpc) is 2.71. The van der Waals surface area contributed by atoms with Gasteiger partial charge in [0, 0.05) is 18.5 Å². The maximum Gasteiger partial charge on any atom is 0.180 e. The number of hydrogen-bond acceptors (Lipinski definition) is 2. The minimum atomic E-state index is 0.592. The first-order valence-electron chi connectivity index (χ1n) is 4.37. The predicted octanol–water partition coefficient (Wildman–Crippen LogP) is 1.96. The summed E-state index contributed by atoms with van der Waals surface area (Å²) in [5.74, 6) is 0. The van der Waals surface area contributed by atoms with Crippen LogP contribution >= 0.6 is 0 Å². The Morgan fingerprint density at radius 3 is 2.54 bits per heavy atom. The molecule has 0 unspecified atom stereocenters. The largest absolute Gasteiger partial charge is 0.486 e. The van der Waals surface area contributed by atoms with Gasteiger partial charge in [0.15, 0.2) is 6.10 Å². The molecule has 0 atom stereocenters. The molecule has 0 amide bonds. The molecular formula is C11H12NO. The number of benzene rings is 1. The van der Waals surface area contributed by atoms with Crippen molar-refractivity contribution >= 4 is 0 Å². The maximum atomic E-state index is 5.50. The summed E-state index contributed by atoms with van der Waals surface area (Å²) in [6.45, 7) is 0.592. The Balaban J connectivity index is 2.13. The zero-order valence-corrected chi connectivity index (χ0v) is 7.36. The lowest BCUT2D eigenvalue weighted by molar-refractivity contribution is 0.303. The van der Waals surface area contributed by atoms with Gasteiger partial charge in [0.05, 0.1) is 6.26 Å². The highest BCUT2D eigenvalue weighted by atomic mass is 16.5. The molecule has 67 valence electrons. The van der Waals surface area contributed by atoms with E-state index in [-0.39, 0.29) is 0 Å². The van der Waals surface area contributed by atoms with Crippen LogP contribution in [0.5, 0.6) is 0 Å². The third-order valence-corrected chi connectivity index (χ3v) is 2.12. The molecule has 1 aromatic rings. The number of ether oxygens (including phenoxy) is 1. The van der Waals surface area contributed by atoms with Crippen molar-refractivity contribution in [1.82, 2.24) is 0 Å². The lowest BCUT2D eigenvalue weighted by Gasteiger charge is -2.08. The van der Waals surface area contributed by atoms with Gasteiger partial charge in [0.2, 0.25) is 0 Å². The summed E-state index contributed by atoms with van der Waals surface area (Å²) in [4.78, 5) is 0. The highest BCUT2D eigenvalue weighted by Crippen LogP contribution is 2.25. The molecule has 2 N–H and O–H groups in total. The quantitative estimate of drug-likeness (QED) is 0.743. The fourth-order valence-electron chi connectivity index (χ4n) is 1.35. The SMILES string of the molecule is NCc1ccc([C]2CC=CO2)cc1. The molecule has 0 aliphatic carbocycles. The van der Waals surface area contributed by atoms with E-state index in [1.165, 1.54) is 0 Å². The second kappa shape index (κ2) is 3.62. The molecule has 1 aliphatic heterocycles. The summed E-state index contributed by atoms with van der Waals surface area (Å²) < 4.78 is 5.32. The van der Waals surface area contributed by atoms with E-state index in [0.717, 1.165) is 23.7 Å². The molecule has 2 rings (SSSR count). The summed E-state index contributed by atoms with van der Waals surface area (Å²) in [5, 5.41) is 0. The number of nitrogens with two attached hydrogens (primary N) is 1. The molecular weight excluding hydrogens is 162 g/mol. The maximum absolute atomic E-state index is 5.50. The van der Waals surface area contributed by atoms with Crippen LogP contribution in [0.15, 0.2) is 36.6 Å². The normalized spacial score (nSPS) is 16.1. The van der Waals surface area contributed by atoms with Crippen molar-refractivity contribution in [3.8, 4) is 0 Å². The van der Waals surface area contributed by atoms with Crippen LogP contribution in [-0.4, -0.2) is 0 Å². The molecule has 1 aliphatic rings. The summed E-state index contributed by atoms with van der Waals surface area (Å²) in [6.07, 6.45) is 5.64. The van der Waals surface area contributed by atoms with Gasteiger partial charge in [0.25, 0.3) is 0 Å². The fourth-order valence-corrected chi connectivity index (χ4v) is 1.35. The molecule has 0 saturated heterocycles. The third-order valence-electron chi connectivity index (χ3n) is 2.12. The van der Waals surface area contributed by atoms with Crippen molar-refractivity contribution in [1.29, 1.82) is 0 Å². The Morgan fingerprint density at radius 1 is 1.23 bits per heavy atom. The van der Waals surface area contributed by atoms with Crippen molar-refractivity contribution in [3.63, 3.8) is 0 Å². The summed E-state index contributed by atoms with van der Waals surface area (Å²) in [5.41, 5.74) is 7.79. The molecule has 0 aromatic heterocycles. The van der Waals surface area contributed by atoms with E-state index in [9.17, 15) is 0 Å². The molecule has 13 heavy (non-hydrogen) atoms. The Morgan fingerprint density at radius 2 is 2.00 bits per heavy atom. The van der Waals surface area contributed by atoms with Crippen molar-refractivity contribution in [2.75, 3.05) is 0 Å². The summed E-state index contributed by atoms with van der Waals surface area (Å²) in [7, 11) is 0. The smallest absolute Gasteiger partial charge is 0.180 e. The van der Waals surface area contributed by atoms with Crippen LogP contribution in [0, 0.1) is 6.10 Å². The van der Waals surface area contributed by atoms with E-state index in [1.807, 2.05) is 30.3 Å². The van der Waals surface area contributed by atoms with Gasteiger partial charge in [0.1, 0.15) is 0 Å². The molecule has 0 saturated carbocycles. The van der Waals surface area contributed by atoms with Crippen molar-refractivity contribution in [2.45, 2.75) is 13.0 Å². The standard InChI is InChI=1S/C11H12NO/c12-8-9-3-5-10(6-4-9)11-2-1-7-13-11/h1,3-7H,2,8,12H2. The van der Waals surface area contributed by atoms with Crippen molar-refractivity contribution in [2.24, 2.45) is 5.73 Å². The highest BCUT2D eigenvalue weighted by Gasteiger charge is 2.15. The number of hydrogen-bond donors (Lipinski definition) is 1. The van der Waals surface area contributed by atoms with Gasteiger partial charge in [-0.1, -0.05) is 24.3 Å². The van der Waals surface area contributed by atoms with Crippen molar-refractivity contribution < 1.29 is 4.74 Å². The molecule has 1 heterocycles. The van der Waals surface area contributed by atoms with Crippen LogP contribution in [-0.2, 0) is 11.3 Å². The Hall–Kier alpha value is -1.28. The van der Waals surface area contributed by atoms with Gasteiger partial charge >= 0.3 is 0 Å². The molecule has 1 radical (unpaired) electrons. The molecule has 2 nitrogen and oxygen atoms in total. The zero-order chi connectivity index (χ0) is 9.10. The van der Waals surface area contributed by atoms with Crippen LogP contribution in [0.2, 0.25) is 0 Å². The second-order valence-electron chi connectivity index (χ2n) is 3.02. The fraction of sp³-hybridized carbons (Fsp3) is 0.182. The predicted molar refractivity (Wildman–Crippen MR) is 51.5 cm³/mol. The van der Waals surface area contributed by atoms with Gasteiger partial charge in [-0.25, -0.2) is 0 Å². The minimum Gasteiger partial charge on any atom is -0.486 e. The van der Waals surface area contributed by atoms with Crippen LogP contribution in [0.3, 0.4) is 0 Å². The number of rotatable bonds is 2. The first kappa shape index (κ1) is 8.32. The summed E-state index contributed by atoms with van der Waals surface area (Å²) in [6, 6.07) is 8.16. The molecule has 0 bridgehead atoms. The van der Waals surface area contributed by atoms with Gasteiger partial charge < -0.3 is 10.5 Å². The topological polar surface area (TPSA) is 35.2 Å². The van der Waals surface area contributed by atoms with E-state index in [4.69, 9.17) is 10.5 Å². The van der Waals surface area contributed by atoms with E-state index in [1.54, 1.807) is 6.26 Å². The molecule has 2 heteroatoms. The van der Waals surface area contributed by atoms with Crippen LogP contribution in [0.1, 0.15) is 17.5 Å². The lowest BCUT2D eigenvalue weighted by Crippen LogP contribution is -1.99. The van der Waals surface area contributed by atoms with Gasteiger partial charge in [-0.15, -0.1) is 0 Å². The Kier molecular flexibility index (Phi) is 2.32. The Bertz CT molecular complexity index is 294.